The summed E-state index contributed by atoms with van der Waals surface area (Å²) in [4.78, 5) is 15.1. The molecule has 0 N–H and O–H groups in total. The molecular weight excluding hydrogens is 344 g/mol. The zero-order valence-electron chi connectivity index (χ0n) is 17.2. The van der Waals surface area contributed by atoms with Gasteiger partial charge in [-0.25, -0.2) is 4.39 Å². The summed E-state index contributed by atoms with van der Waals surface area (Å²) in [5, 5.41) is 0. The Kier molecular flexibility index (Phi) is 5.69. The van der Waals surface area contributed by atoms with Gasteiger partial charge in [-0.05, 0) is 77.0 Å². The van der Waals surface area contributed by atoms with E-state index in [0.29, 0.717) is 11.0 Å². The van der Waals surface area contributed by atoms with Gasteiger partial charge in [-0.15, -0.1) is 0 Å². The van der Waals surface area contributed by atoms with Crippen molar-refractivity contribution in [2.75, 3.05) is 6.54 Å². The van der Waals surface area contributed by atoms with Crippen molar-refractivity contribution < 1.29 is 18.5 Å². The van der Waals surface area contributed by atoms with Crippen molar-refractivity contribution in [1.82, 2.24) is 4.90 Å². The maximum atomic E-state index is 14.4. The van der Waals surface area contributed by atoms with E-state index in [4.69, 9.17) is 9.31 Å². The molecule has 6 heteroatoms. The maximum Gasteiger partial charge on any atom is 0.494 e. The number of rotatable bonds is 4. The third-order valence-corrected chi connectivity index (χ3v) is 6.20. The number of benzene rings is 1. The third-order valence-electron chi connectivity index (χ3n) is 6.20. The van der Waals surface area contributed by atoms with Crippen molar-refractivity contribution >= 4 is 18.5 Å². The highest BCUT2D eigenvalue weighted by atomic mass is 19.1. The number of piperidine rings is 1. The van der Waals surface area contributed by atoms with Crippen LogP contribution in [0.25, 0.3) is 0 Å². The van der Waals surface area contributed by atoms with E-state index in [1.165, 1.54) is 12.1 Å². The van der Waals surface area contributed by atoms with E-state index in [-0.39, 0.29) is 11.9 Å². The van der Waals surface area contributed by atoms with Crippen LogP contribution in [-0.2, 0) is 9.31 Å². The molecule has 0 spiro atoms. The highest BCUT2D eigenvalue weighted by Crippen LogP contribution is 2.36. The van der Waals surface area contributed by atoms with Crippen LogP contribution in [0, 0.1) is 5.82 Å². The van der Waals surface area contributed by atoms with Gasteiger partial charge in [0.15, 0.2) is 0 Å². The lowest BCUT2D eigenvalue weighted by Crippen LogP contribution is -2.44. The van der Waals surface area contributed by atoms with Gasteiger partial charge in [-0.1, -0.05) is 13.3 Å². The van der Waals surface area contributed by atoms with Crippen LogP contribution in [0.5, 0.6) is 0 Å². The standard InChI is InChI=1S/C21H31BFNO3/c1-6-9-18-10-7-8-11-24(18)19(25)15-12-16(14-17(23)13-15)22-26-20(2,3)21(4,5)27-22/h12-14,18H,6-11H2,1-5H3. The normalized spacial score (nSPS) is 24.3. The maximum absolute atomic E-state index is 14.4. The Bertz CT molecular complexity index is 689. The smallest absolute Gasteiger partial charge is 0.399 e. The van der Waals surface area contributed by atoms with Gasteiger partial charge in [-0.3, -0.25) is 4.79 Å². The van der Waals surface area contributed by atoms with Gasteiger partial charge in [0.2, 0.25) is 0 Å². The number of hydrogen-bond donors (Lipinski definition) is 0. The number of halogens is 1. The lowest BCUT2D eigenvalue weighted by Gasteiger charge is -2.36. The molecule has 2 aliphatic rings. The van der Waals surface area contributed by atoms with E-state index in [1.54, 1.807) is 6.07 Å². The summed E-state index contributed by atoms with van der Waals surface area (Å²) in [6.45, 7) is 10.7. The number of hydrogen-bond acceptors (Lipinski definition) is 3. The van der Waals surface area contributed by atoms with Crippen molar-refractivity contribution in [3.8, 4) is 0 Å². The molecule has 1 aromatic carbocycles. The van der Waals surface area contributed by atoms with Crippen molar-refractivity contribution in [1.29, 1.82) is 0 Å². The first kappa shape index (κ1) is 20.3. The van der Waals surface area contributed by atoms with Crippen LogP contribution in [0.1, 0.15) is 77.1 Å². The van der Waals surface area contributed by atoms with E-state index < -0.39 is 24.1 Å². The Hall–Kier alpha value is -1.40. The molecule has 0 aromatic heterocycles. The minimum Gasteiger partial charge on any atom is -0.399 e. The largest absolute Gasteiger partial charge is 0.494 e. The number of carbonyl (C=O) groups excluding carboxylic acids is 1. The van der Waals surface area contributed by atoms with Crippen molar-refractivity contribution in [2.24, 2.45) is 0 Å². The predicted octanol–water partition coefficient (Wildman–Crippen LogP) is 3.92. The highest BCUT2D eigenvalue weighted by molar-refractivity contribution is 6.62. The minimum absolute atomic E-state index is 0.0922. The Balaban J connectivity index is 1.86. The molecule has 0 saturated carbocycles. The van der Waals surface area contributed by atoms with E-state index in [1.807, 2.05) is 32.6 Å². The molecule has 0 bridgehead atoms. The molecule has 0 radical (unpaired) electrons. The topological polar surface area (TPSA) is 38.8 Å². The van der Waals surface area contributed by atoms with Gasteiger partial charge in [0.05, 0.1) is 11.2 Å². The second-order valence-corrected chi connectivity index (χ2v) is 8.80. The molecular formula is C21H31BFNO3. The summed E-state index contributed by atoms with van der Waals surface area (Å²) in [6, 6.07) is 4.71. The van der Waals surface area contributed by atoms with Crippen LogP contribution >= 0.6 is 0 Å². The van der Waals surface area contributed by atoms with Crippen molar-refractivity contribution in [3.63, 3.8) is 0 Å². The summed E-state index contributed by atoms with van der Waals surface area (Å²) in [5.74, 6) is -0.528. The molecule has 2 aliphatic heterocycles. The first-order chi connectivity index (χ1) is 12.6. The van der Waals surface area contributed by atoms with Crippen LogP contribution in [0.4, 0.5) is 4.39 Å². The lowest BCUT2D eigenvalue weighted by molar-refractivity contribution is 0.00578. The second-order valence-electron chi connectivity index (χ2n) is 8.80. The molecule has 0 aliphatic carbocycles. The van der Waals surface area contributed by atoms with E-state index in [2.05, 4.69) is 6.92 Å². The quantitative estimate of drug-likeness (QED) is 0.749. The predicted molar refractivity (Wildman–Crippen MR) is 106 cm³/mol. The van der Waals surface area contributed by atoms with E-state index in [9.17, 15) is 9.18 Å². The summed E-state index contributed by atoms with van der Waals surface area (Å²) >= 11 is 0. The van der Waals surface area contributed by atoms with Crippen LogP contribution in [0.3, 0.4) is 0 Å². The molecule has 3 rings (SSSR count). The van der Waals surface area contributed by atoms with Crippen LogP contribution in [0.2, 0.25) is 0 Å². The van der Waals surface area contributed by atoms with E-state index in [0.717, 1.165) is 38.6 Å². The molecule has 2 heterocycles. The molecule has 1 unspecified atom stereocenters. The number of nitrogens with zero attached hydrogens (tertiary/aromatic N) is 1. The minimum atomic E-state index is -0.676. The average molecular weight is 375 g/mol. The lowest BCUT2D eigenvalue weighted by atomic mass is 9.78. The second kappa shape index (κ2) is 7.55. The van der Waals surface area contributed by atoms with Gasteiger partial charge in [0.1, 0.15) is 5.82 Å². The fourth-order valence-electron chi connectivity index (χ4n) is 3.92. The van der Waals surface area contributed by atoms with Gasteiger partial charge >= 0.3 is 7.12 Å². The number of amides is 1. The van der Waals surface area contributed by atoms with Gasteiger partial charge in [0.25, 0.3) is 5.91 Å². The molecule has 1 amide bonds. The zero-order chi connectivity index (χ0) is 19.8. The molecule has 27 heavy (non-hydrogen) atoms. The molecule has 2 saturated heterocycles. The molecule has 2 fully saturated rings. The van der Waals surface area contributed by atoms with Gasteiger partial charge in [0, 0.05) is 18.2 Å². The Morgan fingerprint density at radius 1 is 1.19 bits per heavy atom. The van der Waals surface area contributed by atoms with Crippen LogP contribution < -0.4 is 5.46 Å². The fraction of sp³-hybridized carbons (Fsp3) is 0.667. The van der Waals surface area contributed by atoms with Crippen molar-refractivity contribution in [3.05, 3.63) is 29.6 Å². The Labute approximate surface area is 162 Å². The summed E-state index contributed by atoms with van der Waals surface area (Å²) < 4.78 is 26.4. The number of likely N-dealkylation sites (tertiary alicyclic amines) is 1. The highest BCUT2D eigenvalue weighted by Gasteiger charge is 2.51. The fourth-order valence-corrected chi connectivity index (χ4v) is 3.92. The third kappa shape index (κ3) is 4.07. The monoisotopic (exact) mass is 375 g/mol. The molecule has 4 nitrogen and oxygen atoms in total. The summed E-state index contributed by atoms with van der Waals surface area (Å²) in [7, 11) is -0.676. The molecule has 1 atom stereocenters. The first-order valence-corrected chi connectivity index (χ1v) is 10.1. The summed E-state index contributed by atoms with van der Waals surface area (Å²) in [6.07, 6.45) is 5.21. The summed E-state index contributed by atoms with van der Waals surface area (Å²) in [5.41, 5.74) is -0.0794. The molecule has 1 aromatic rings. The van der Waals surface area contributed by atoms with Crippen LogP contribution in [-0.4, -0.2) is 41.7 Å². The SMILES string of the molecule is CCCC1CCCCN1C(=O)c1cc(F)cc(B2OC(C)(C)C(C)(C)O2)c1. The van der Waals surface area contributed by atoms with E-state index >= 15 is 0 Å². The van der Waals surface area contributed by atoms with Crippen LogP contribution in [0.15, 0.2) is 18.2 Å². The zero-order valence-corrected chi connectivity index (χ0v) is 17.2. The first-order valence-electron chi connectivity index (χ1n) is 10.1. The Morgan fingerprint density at radius 3 is 2.48 bits per heavy atom. The van der Waals surface area contributed by atoms with Crippen molar-refractivity contribution in [2.45, 2.75) is 84.0 Å². The Morgan fingerprint density at radius 2 is 1.85 bits per heavy atom. The number of carbonyl (C=O) groups is 1. The average Bonchev–Trinajstić information content (AvgIpc) is 2.82. The van der Waals surface area contributed by atoms with Gasteiger partial charge < -0.3 is 14.2 Å². The molecule has 148 valence electrons. The van der Waals surface area contributed by atoms with Gasteiger partial charge in [-0.2, -0.15) is 0 Å².